The lowest BCUT2D eigenvalue weighted by Gasteiger charge is -2.11. The smallest absolute Gasteiger partial charge is 0.256 e. The maximum absolute atomic E-state index is 12.3. The molecule has 2 aromatic rings. The number of carbonyl (C=O) groups is 1. The zero-order valence-electron chi connectivity index (χ0n) is 13.3. The molecule has 8 heteroatoms. The van der Waals surface area contributed by atoms with E-state index in [1.54, 1.807) is 16.9 Å². The molecule has 0 unspecified atom stereocenters. The van der Waals surface area contributed by atoms with E-state index in [0.29, 0.717) is 23.8 Å². The van der Waals surface area contributed by atoms with E-state index in [2.05, 4.69) is 29.0 Å². The van der Waals surface area contributed by atoms with Gasteiger partial charge in [-0.15, -0.1) is 0 Å². The van der Waals surface area contributed by atoms with Gasteiger partial charge in [0.15, 0.2) is 0 Å². The summed E-state index contributed by atoms with van der Waals surface area (Å²) in [5.74, 6) is 0.691. The van der Waals surface area contributed by atoms with E-state index >= 15 is 0 Å². The van der Waals surface area contributed by atoms with Crippen LogP contribution in [0.1, 0.15) is 24.2 Å². The molecule has 0 fully saturated rings. The van der Waals surface area contributed by atoms with Crippen molar-refractivity contribution in [2.24, 2.45) is 5.92 Å². The standard InChI is InChI=1S/C15H20N4O3S/c1-11(2)10-19-14(8-9-17-19)18-15(20)12-4-6-13(7-5-12)23(21,22)16-3/h4-9,11,16H,10H2,1-3H3,(H,18,20). The van der Waals surface area contributed by atoms with Crippen molar-refractivity contribution in [3.63, 3.8) is 0 Å². The molecule has 1 heterocycles. The molecular formula is C15H20N4O3S. The van der Waals surface area contributed by atoms with Crippen LogP contribution in [0.15, 0.2) is 41.4 Å². The number of sulfonamides is 1. The highest BCUT2D eigenvalue weighted by Gasteiger charge is 2.14. The predicted octanol–water partition coefficient (Wildman–Crippen LogP) is 1.70. The Balaban J connectivity index is 2.14. The largest absolute Gasteiger partial charge is 0.307 e. The van der Waals surface area contributed by atoms with E-state index in [4.69, 9.17) is 0 Å². The van der Waals surface area contributed by atoms with Gasteiger partial charge in [-0.1, -0.05) is 13.8 Å². The lowest BCUT2D eigenvalue weighted by Crippen LogP contribution is -2.19. The van der Waals surface area contributed by atoms with E-state index in [1.165, 1.54) is 31.3 Å². The molecule has 0 bridgehead atoms. The highest BCUT2D eigenvalue weighted by Crippen LogP contribution is 2.14. The molecule has 1 aromatic heterocycles. The average Bonchev–Trinajstić information content (AvgIpc) is 2.93. The quantitative estimate of drug-likeness (QED) is 0.839. The van der Waals surface area contributed by atoms with Crippen LogP contribution in [0.4, 0.5) is 5.82 Å². The van der Waals surface area contributed by atoms with Crippen molar-refractivity contribution >= 4 is 21.7 Å². The molecule has 0 aliphatic heterocycles. The van der Waals surface area contributed by atoms with Crippen LogP contribution in [0, 0.1) is 5.92 Å². The third kappa shape index (κ3) is 4.17. The van der Waals surface area contributed by atoms with Crippen molar-refractivity contribution in [1.29, 1.82) is 0 Å². The first-order valence-electron chi connectivity index (χ1n) is 7.20. The minimum atomic E-state index is -3.51. The van der Waals surface area contributed by atoms with Gasteiger partial charge in [-0.3, -0.25) is 4.79 Å². The third-order valence-electron chi connectivity index (χ3n) is 3.19. The first-order valence-corrected chi connectivity index (χ1v) is 8.68. The van der Waals surface area contributed by atoms with Crippen LogP contribution in [-0.2, 0) is 16.6 Å². The second kappa shape index (κ2) is 6.93. The van der Waals surface area contributed by atoms with Gasteiger partial charge in [0.1, 0.15) is 5.82 Å². The molecule has 0 radical (unpaired) electrons. The summed E-state index contributed by atoms with van der Waals surface area (Å²) in [6.45, 7) is 4.82. The van der Waals surface area contributed by atoms with Crippen molar-refractivity contribution < 1.29 is 13.2 Å². The molecule has 2 N–H and O–H groups in total. The first-order chi connectivity index (χ1) is 10.8. The van der Waals surface area contributed by atoms with Crippen LogP contribution in [0.5, 0.6) is 0 Å². The number of aromatic nitrogens is 2. The summed E-state index contributed by atoms with van der Waals surface area (Å²) in [5.41, 5.74) is 0.373. The van der Waals surface area contributed by atoms with E-state index in [-0.39, 0.29) is 10.8 Å². The second-order valence-corrected chi connectivity index (χ2v) is 7.36. The van der Waals surface area contributed by atoms with Gasteiger partial charge in [-0.05, 0) is 37.2 Å². The van der Waals surface area contributed by atoms with Crippen molar-refractivity contribution in [3.05, 3.63) is 42.1 Å². The van der Waals surface area contributed by atoms with E-state index in [1.807, 2.05) is 0 Å². The Labute approximate surface area is 135 Å². The van der Waals surface area contributed by atoms with Gasteiger partial charge in [-0.2, -0.15) is 5.10 Å². The average molecular weight is 336 g/mol. The van der Waals surface area contributed by atoms with Crippen LogP contribution in [0.2, 0.25) is 0 Å². The summed E-state index contributed by atoms with van der Waals surface area (Å²) in [6, 6.07) is 7.46. The Kier molecular flexibility index (Phi) is 5.17. The van der Waals surface area contributed by atoms with Gasteiger partial charge >= 0.3 is 0 Å². The fraction of sp³-hybridized carbons (Fsp3) is 0.333. The third-order valence-corrected chi connectivity index (χ3v) is 4.62. The number of carbonyl (C=O) groups excluding carboxylic acids is 1. The van der Waals surface area contributed by atoms with E-state index in [0.717, 1.165) is 0 Å². The Morgan fingerprint density at radius 1 is 1.22 bits per heavy atom. The van der Waals surface area contributed by atoms with Crippen LogP contribution >= 0.6 is 0 Å². The van der Waals surface area contributed by atoms with Crippen LogP contribution < -0.4 is 10.0 Å². The molecular weight excluding hydrogens is 316 g/mol. The maximum Gasteiger partial charge on any atom is 0.256 e. The van der Waals surface area contributed by atoms with Crippen LogP contribution in [-0.4, -0.2) is 31.2 Å². The minimum Gasteiger partial charge on any atom is -0.307 e. The molecule has 1 aromatic carbocycles. The zero-order chi connectivity index (χ0) is 17.0. The molecule has 0 spiro atoms. The monoisotopic (exact) mass is 336 g/mol. The molecule has 1 amide bonds. The fourth-order valence-electron chi connectivity index (χ4n) is 2.02. The minimum absolute atomic E-state index is 0.112. The highest BCUT2D eigenvalue weighted by molar-refractivity contribution is 7.89. The summed E-state index contributed by atoms with van der Waals surface area (Å²) in [5, 5.41) is 6.96. The van der Waals surface area contributed by atoms with Crippen molar-refractivity contribution in [3.8, 4) is 0 Å². The molecule has 0 aliphatic carbocycles. The number of rotatable bonds is 6. The Hall–Kier alpha value is -2.19. The Morgan fingerprint density at radius 3 is 2.43 bits per heavy atom. The zero-order valence-corrected chi connectivity index (χ0v) is 14.1. The number of amides is 1. The molecule has 0 saturated carbocycles. The van der Waals surface area contributed by atoms with Gasteiger partial charge in [-0.25, -0.2) is 17.8 Å². The molecule has 0 atom stereocenters. The van der Waals surface area contributed by atoms with Gasteiger partial charge in [0.2, 0.25) is 10.0 Å². The summed E-state index contributed by atoms with van der Waals surface area (Å²) in [4.78, 5) is 12.4. The molecule has 0 aliphatic rings. The number of nitrogens with one attached hydrogen (secondary N) is 2. The predicted molar refractivity (Wildman–Crippen MR) is 87.7 cm³/mol. The Bertz CT molecular complexity index is 779. The van der Waals surface area contributed by atoms with Crippen molar-refractivity contribution in [1.82, 2.24) is 14.5 Å². The lowest BCUT2D eigenvalue weighted by atomic mass is 10.2. The number of nitrogens with zero attached hydrogens (tertiary/aromatic N) is 2. The van der Waals surface area contributed by atoms with Crippen molar-refractivity contribution in [2.75, 3.05) is 12.4 Å². The number of anilines is 1. The fourth-order valence-corrected chi connectivity index (χ4v) is 2.75. The summed E-state index contributed by atoms with van der Waals surface area (Å²) in [6.07, 6.45) is 1.63. The normalized spacial score (nSPS) is 11.7. The van der Waals surface area contributed by atoms with Gasteiger partial charge in [0, 0.05) is 18.2 Å². The molecule has 7 nitrogen and oxygen atoms in total. The SMILES string of the molecule is CNS(=O)(=O)c1ccc(C(=O)Nc2ccnn2CC(C)C)cc1. The topological polar surface area (TPSA) is 93.1 Å². The molecule has 124 valence electrons. The lowest BCUT2D eigenvalue weighted by molar-refractivity contribution is 0.102. The van der Waals surface area contributed by atoms with E-state index < -0.39 is 10.0 Å². The van der Waals surface area contributed by atoms with Gasteiger partial charge in [0.05, 0.1) is 11.1 Å². The Morgan fingerprint density at radius 2 is 1.87 bits per heavy atom. The summed E-state index contributed by atoms with van der Waals surface area (Å²) < 4.78 is 27.3. The first kappa shape index (κ1) is 17.2. The summed E-state index contributed by atoms with van der Waals surface area (Å²) >= 11 is 0. The van der Waals surface area contributed by atoms with Crippen LogP contribution in [0.3, 0.4) is 0 Å². The molecule has 2 rings (SSSR count). The van der Waals surface area contributed by atoms with Gasteiger partial charge < -0.3 is 5.32 Å². The number of benzene rings is 1. The van der Waals surface area contributed by atoms with Crippen LogP contribution in [0.25, 0.3) is 0 Å². The summed E-state index contributed by atoms with van der Waals surface area (Å²) in [7, 11) is -2.17. The van der Waals surface area contributed by atoms with E-state index in [9.17, 15) is 13.2 Å². The molecule has 23 heavy (non-hydrogen) atoms. The number of hydrogen-bond acceptors (Lipinski definition) is 4. The number of hydrogen-bond donors (Lipinski definition) is 2. The van der Waals surface area contributed by atoms with Crippen molar-refractivity contribution in [2.45, 2.75) is 25.3 Å². The maximum atomic E-state index is 12.3. The molecule has 0 saturated heterocycles. The van der Waals surface area contributed by atoms with Gasteiger partial charge in [0.25, 0.3) is 5.91 Å². The highest BCUT2D eigenvalue weighted by atomic mass is 32.2. The second-order valence-electron chi connectivity index (χ2n) is 5.48.